The zero-order valence-corrected chi connectivity index (χ0v) is 17.8. The lowest BCUT2D eigenvalue weighted by Crippen LogP contribution is -2.37. The number of rotatable bonds is 4. The molecule has 32 heavy (non-hydrogen) atoms. The zero-order valence-electron chi connectivity index (χ0n) is 17.8. The minimum Gasteiger partial charge on any atom is -0.408 e. The van der Waals surface area contributed by atoms with Crippen molar-refractivity contribution >= 4 is 11.5 Å². The second kappa shape index (κ2) is 6.85. The molecule has 8 nitrogen and oxygen atoms in total. The number of aromatic nitrogens is 6. The van der Waals surface area contributed by atoms with Gasteiger partial charge in [0.25, 0.3) is 0 Å². The number of hydrogen-bond acceptors (Lipinski definition) is 6. The molecule has 1 aliphatic carbocycles. The maximum Gasteiger partial charge on any atom is 0.319 e. The van der Waals surface area contributed by atoms with Crippen molar-refractivity contribution in [2.75, 3.05) is 11.4 Å². The van der Waals surface area contributed by atoms with E-state index in [-0.39, 0.29) is 30.7 Å². The van der Waals surface area contributed by atoms with Crippen molar-refractivity contribution in [3.8, 4) is 0 Å². The molecule has 10 heteroatoms. The van der Waals surface area contributed by atoms with Crippen LogP contribution < -0.4 is 4.90 Å². The topological polar surface area (TPSA) is 88.1 Å². The summed E-state index contributed by atoms with van der Waals surface area (Å²) in [5.74, 6) is -2.40. The van der Waals surface area contributed by atoms with Gasteiger partial charge in [-0.2, -0.15) is 5.10 Å². The molecule has 1 aliphatic heterocycles. The molecule has 6 rings (SSSR count). The van der Waals surface area contributed by atoms with Crippen molar-refractivity contribution in [1.82, 2.24) is 29.8 Å². The number of imidazole rings is 1. The lowest BCUT2D eigenvalue weighted by Gasteiger charge is -2.33. The summed E-state index contributed by atoms with van der Waals surface area (Å²) in [4.78, 5) is 9.77. The molecule has 166 valence electrons. The molecule has 2 aliphatic rings. The Morgan fingerprint density at radius 3 is 2.88 bits per heavy atom. The highest BCUT2D eigenvalue weighted by atomic mass is 19.3. The standard InChI is InChI=1S/C22H23F2N7O/c1-12(2)14-4-3-6-31-17(14)8-16(29-31)19-18-15(25-11-26-18)5-7-30(19)21-28-27-20(32-21)13-9-22(23,24)10-13/h3-4,6,8,11-13,19H,5,7,9-10H2,1-2H3,(H,25,26)/t19-/m0/s1. The SMILES string of the molecule is CC(C)c1cccn2nc([C@H]3c4nc[nH]c4CCN3c3nnc(C4CC(F)(F)C4)o3)cc12. The second-order valence-corrected chi connectivity index (χ2v) is 9.01. The predicted octanol–water partition coefficient (Wildman–Crippen LogP) is 4.23. The third-order valence-corrected chi connectivity index (χ3v) is 6.50. The Bertz CT molecular complexity index is 1280. The lowest BCUT2D eigenvalue weighted by atomic mass is 9.81. The van der Waals surface area contributed by atoms with Gasteiger partial charge in [-0.1, -0.05) is 25.0 Å². The van der Waals surface area contributed by atoms with Crippen LogP contribution >= 0.6 is 0 Å². The van der Waals surface area contributed by atoms with E-state index in [1.54, 1.807) is 6.33 Å². The first-order valence-corrected chi connectivity index (χ1v) is 10.9. The van der Waals surface area contributed by atoms with Crippen molar-refractivity contribution in [3.63, 3.8) is 0 Å². The molecule has 0 unspecified atom stereocenters. The second-order valence-electron chi connectivity index (χ2n) is 9.01. The summed E-state index contributed by atoms with van der Waals surface area (Å²) in [7, 11) is 0. The number of alkyl halides is 2. The number of nitrogens with one attached hydrogen (secondary N) is 1. The van der Waals surface area contributed by atoms with Crippen LogP contribution in [-0.4, -0.2) is 42.2 Å². The normalized spacial score (nSPS) is 20.7. The number of anilines is 1. The van der Waals surface area contributed by atoms with Gasteiger partial charge in [0.1, 0.15) is 6.04 Å². The van der Waals surface area contributed by atoms with E-state index in [0.29, 0.717) is 18.5 Å². The van der Waals surface area contributed by atoms with Gasteiger partial charge in [0.15, 0.2) is 0 Å². The van der Waals surface area contributed by atoms with Crippen LogP contribution in [0.5, 0.6) is 0 Å². The quantitative estimate of drug-likeness (QED) is 0.512. The van der Waals surface area contributed by atoms with Crippen LogP contribution in [0.1, 0.15) is 73.1 Å². The summed E-state index contributed by atoms with van der Waals surface area (Å²) in [5, 5.41) is 13.2. The lowest BCUT2D eigenvalue weighted by molar-refractivity contribution is -0.0917. The number of pyridine rings is 1. The van der Waals surface area contributed by atoms with E-state index in [9.17, 15) is 8.78 Å². The average Bonchev–Trinajstić information content (AvgIpc) is 3.49. The zero-order chi connectivity index (χ0) is 22.0. The van der Waals surface area contributed by atoms with Crippen LogP contribution in [0.15, 0.2) is 35.1 Å². The van der Waals surface area contributed by atoms with Crippen LogP contribution in [0, 0.1) is 0 Å². The summed E-state index contributed by atoms with van der Waals surface area (Å²) in [6.07, 6.45) is 3.87. The largest absolute Gasteiger partial charge is 0.408 e. The summed E-state index contributed by atoms with van der Waals surface area (Å²) in [5.41, 5.74) is 4.98. The van der Waals surface area contributed by atoms with Gasteiger partial charge >= 0.3 is 6.01 Å². The molecule has 5 heterocycles. The van der Waals surface area contributed by atoms with Crippen molar-refractivity contribution < 1.29 is 13.2 Å². The third kappa shape index (κ3) is 3.00. The summed E-state index contributed by atoms with van der Waals surface area (Å²) in [6.45, 7) is 4.93. The Morgan fingerprint density at radius 1 is 1.25 bits per heavy atom. The van der Waals surface area contributed by atoms with Gasteiger partial charge in [-0.25, -0.2) is 18.3 Å². The number of H-pyrrole nitrogens is 1. The fourth-order valence-corrected chi connectivity index (χ4v) is 4.80. The third-order valence-electron chi connectivity index (χ3n) is 6.50. The van der Waals surface area contributed by atoms with Crippen LogP contribution in [0.25, 0.3) is 5.52 Å². The number of nitrogens with zero attached hydrogens (tertiary/aromatic N) is 6. The van der Waals surface area contributed by atoms with E-state index in [1.165, 1.54) is 5.56 Å². The van der Waals surface area contributed by atoms with Crippen molar-refractivity contribution in [2.45, 2.75) is 56.9 Å². The van der Waals surface area contributed by atoms with Gasteiger partial charge in [0, 0.05) is 43.6 Å². The molecule has 4 aromatic rings. The Hall–Kier alpha value is -3.30. The highest BCUT2D eigenvalue weighted by Gasteiger charge is 2.48. The molecule has 0 aromatic carbocycles. The maximum absolute atomic E-state index is 13.3. The predicted molar refractivity (Wildman–Crippen MR) is 112 cm³/mol. The Kier molecular flexibility index (Phi) is 4.15. The van der Waals surface area contributed by atoms with Crippen LogP contribution in [0.2, 0.25) is 0 Å². The van der Waals surface area contributed by atoms with Gasteiger partial charge in [0.05, 0.1) is 23.2 Å². The highest BCUT2D eigenvalue weighted by molar-refractivity contribution is 5.58. The smallest absolute Gasteiger partial charge is 0.319 e. The Labute approximate surface area is 182 Å². The molecule has 1 N–H and O–H groups in total. The van der Waals surface area contributed by atoms with Crippen LogP contribution in [0.4, 0.5) is 14.8 Å². The van der Waals surface area contributed by atoms with E-state index >= 15 is 0 Å². The van der Waals surface area contributed by atoms with E-state index < -0.39 is 5.92 Å². The molecular weight excluding hydrogens is 416 g/mol. The molecule has 1 fully saturated rings. The molecule has 1 saturated carbocycles. The van der Waals surface area contributed by atoms with Gasteiger partial charge in [-0.15, -0.1) is 5.10 Å². The first-order chi connectivity index (χ1) is 15.4. The summed E-state index contributed by atoms with van der Waals surface area (Å²) < 4.78 is 34.4. The van der Waals surface area contributed by atoms with E-state index in [1.807, 2.05) is 21.7 Å². The number of fused-ring (bicyclic) bond motifs is 2. The first kappa shape index (κ1) is 19.4. The van der Waals surface area contributed by atoms with Gasteiger partial charge in [-0.3, -0.25) is 0 Å². The highest BCUT2D eigenvalue weighted by Crippen LogP contribution is 2.48. The van der Waals surface area contributed by atoms with E-state index in [2.05, 4.69) is 46.1 Å². The number of hydrogen-bond donors (Lipinski definition) is 1. The van der Waals surface area contributed by atoms with Crippen molar-refractivity contribution in [1.29, 1.82) is 0 Å². The Balaban J connectivity index is 1.41. The number of halogens is 2. The fraction of sp³-hybridized carbons (Fsp3) is 0.455. The minimum atomic E-state index is -2.64. The van der Waals surface area contributed by atoms with Crippen LogP contribution in [-0.2, 0) is 6.42 Å². The molecule has 0 bridgehead atoms. The van der Waals surface area contributed by atoms with Crippen LogP contribution in [0.3, 0.4) is 0 Å². The monoisotopic (exact) mass is 439 g/mol. The maximum atomic E-state index is 13.3. The van der Waals surface area contributed by atoms with E-state index in [4.69, 9.17) is 9.52 Å². The molecule has 0 amide bonds. The molecule has 1 atom stereocenters. The molecule has 4 aromatic heterocycles. The minimum absolute atomic E-state index is 0.244. The molecule has 0 spiro atoms. The number of aromatic amines is 1. The van der Waals surface area contributed by atoms with Crippen molar-refractivity contribution in [3.05, 3.63) is 59.3 Å². The summed E-state index contributed by atoms with van der Waals surface area (Å²) in [6, 6.07) is 6.19. The molecule has 0 saturated heterocycles. The van der Waals surface area contributed by atoms with E-state index in [0.717, 1.165) is 29.0 Å². The summed E-state index contributed by atoms with van der Waals surface area (Å²) >= 11 is 0. The first-order valence-electron chi connectivity index (χ1n) is 10.9. The Morgan fingerprint density at radius 2 is 2.09 bits per heavy atom. The van der Waals surface area contributed by atoms with Gasteiger partial charge < -0.3 is 14.3 Å². The van der Waals surface area contributed by atoms with Crippen molar-refractivity contribution in [2.24, 2.45) is 0 Å². The molecule has 0 radical (unpaired) electrons. The average molecular weight is 439 g/mol. The molecular formula is C22H23F2N7O. The fourth-order valence-electron chi connectivity index (χ4n) is 4.80. The van der Waals surface area contributed by atoms with Gasteiger partial charge in [-0.05, 0) is 23.6 Å². The van der Waals surface area contributed by atoms with Gasteiger partial charge in [0.2, 0.25) is 11.8 Å².